The smallest absolute Gasteiger partial charge is 0.253 e. The molecule has 10 heteroatoms. The average molecular weight is 450 g/mol. The highest BCUT2D eigenvalue weighted by Gasteiger charge is 2.24. The summed E-state index contributed by atoms with van der Waals surface area (Å²) in [7, 11) is 0.647. The third-order valence-corrected chi connectivity index (χ3v) is 6.85. The minimum Gasteiger partial charge on any atom is -0.504 e. The summed E-state index contributed by atoms with van der Waals surface area (Å²) < 4.78 is 36.8. The molecular weight excluding hydrogens is 422 g/mol. The zero-order chi connectivity index (χ0) is 22.6. The van der Waals surface area contributed by atoms with Gasteiger partial charge in [0.2, 0.25) is 10.0 Å². The predicted octanol–water partition coefficient (Wildman–Crippen LogP) is 1.42. The predicted molar refractivity (Wildman–Crippen MR) is 116 cm³/mol. The molecule has 168 valence electrons. The molecule has 3 rings (SSSR count). The summed E-state index contributed by atoms with van der Waals surface area (Å²) in [5.41, 5.74) is 1.66. The zero-order valence-corrected chi connectivity index (χ0v) is 18.6. The number of aromatic hydroxyl groups is 1. The Morgan fingerprint density at radius 2 is 1.90 bits per heavy atom. The van der Waals surface area contributed by atoms with Crippen LogP contribution in [0.4, 0.5) is 5.69 Å². The zero-order valence-electron chi connectivity index (χ0n) is 17.8. The average Bonchev–Trinajstić information content (AvgIpc) is 2.78. The Morgan fingerprint density at radius 3 is 2.55 bits per heavy atom. The molecule has 0 saturated carbocycles. The monoisotopic (exact) mass is 449 g/mol. The number of nitrogens with one attached hydrogen (secondary N) is 1. The number of ether oxygens (including phenoxy) is 2. The number of methoxy groups -OCH3 is 1. The van der Waals surface area contributed by atoms with Gasteiger partial charge in [0.15, 0.2) is 11.5 Å². The number of morpholine rings is 1. The maximum atomic E-state index is 13.1. The molecule has 0 bridgehead atoms. The van der Waals surface area contributed by atoms with Gasteiger partial charge in [-0.2, -0.15) is 0 Å². The summed E-state index contributed by atoms with van der Waals surface area (Å²) in [4.78, 5) is 15.1. The molecule has 9 nitrogen and oxygen atoms in total. The summed E-state index contributed by atoms with van der Waals surface area (Å²) in [6.45, 7) is 2.46. The fourth-order valence-corrected chi connectivity index (χ4v) is 4.19. The Hall–Kier alpha value is -2.82. The van der Waals surface area contributed by atoms with Gasteiger partial charge >= 0.3 is 0 Å². The molecule has 0 radical (unpaired) electrons. The van der Waals surface area contributed by atoms with Crippen molar-refractivity contribution in [3.8, 4) is 11.5 Å². The van der Waals surface area contributed by atoms with Gasteiger partial charge in [0.25, 0.3) is 5.91 Å². The number of nitrogens with zero attached hydrogens (tertiary/aromatic N) is 2. The maximum Gasteiger partial charge on any atom is 0.253 e. The van der Waals surface area contributed by atoms with E-state index in [1.54, 1.807) is 18.2 Å². The molecule has 1 saturated heterocycles. The van der Waals surface area contributed by atoms with Crippen LogP contribution in [0.3, 0.4) is 0 Å². The highest BCUT2D eigenvalue weighted by molar-refractivity contribution is 7.89. The second-order valence-corrected chi connectivity index (χ2v) is 9.41. The van der Waals surface area contributed by atoms with E-state index in [0.717, 1.165) is 9.87 Å². The summed E-state index contributed by atoms with van der Waals surface area (Å²) in [6, 6.07) is 9.39. The second kappa shape index (κ2) is 9.54. The topological polar surface area (TPSA) is 108 Å². The molecular formula is C21H27N3O6S. The molecule has 2 N–H and O–H groups in total. The molecule has 1 aliphatic heterocycles. The molecule has 1 fully saturated rings. The van der Waals surface area contributed by atoms with E-state index in [1.165, 1.54) is 39.4 Å². The summed E-state index contributed by atoms with van der Waals surface area (Å²) >= 11 is 0. The van der Waals surface area contributed by atoms with E-state index in [4.69, 9.17) is 9.47 Å². The largest absolute Gasteiger partial charge is 0.504 e. The van der Waals surface area contributed by atoms with Crippen molar-refractivity contribution in [2.24, 2.45) is 0 Å². The van der Waals surface area contributed by atoms with E-state index in [-0.39, 0.29) is 22.8 Å². The van der Waals surface area contributed by atoms with Crippen molar-refractivity contribution in [3.63, 3.8) is 0 Å². The Labute approximate surface area is 182 Å². The Morgan fingerprint density at radius 1 is 1.19 bits per heavy atom. The number of carbonyl (C=O) groups is 1. The van der Waals surface area contributed by atoms with Crippen LogP contribution in [0.15, 0.2) is 41.3 Å². The lowest BCUT2D eigenvalue weighted by molar-refractivity contribution is 0.0949. The van der Waals surface area contributed by atoms with Crippen molar-refractivity contribution in [1.82, 2.24) is 9.62 Å². The third kappa shape index (κ3) is 5.09. The van der Waals surface area contributed by atoms with Gasteiger partial charge in [-0.3, -0.25) is 4.79 Å². The number of rotatable bonds is 7. The van der Waals surface area contributed by atoms with Gasteiger partial charge in [-0.1, -0.05) is 6.07 Å². The molecule has 0 aliphatic carbocycles. The molecule has 2 aromatic rings. The van der Waals surface area contributed by atoms with E-state index in [0.29, 0.717) is 37.7 Å². The molecule has 2 aromatic carbocycles. The summed E-state index contributed by atoms with van der Waals surface area (Å²) in [5.74, 6) is -0.0852. The van der Waals surface area contributed by atoms with Crippen molar-refractivity contribution < 1.29 is 27.8 Å². The normalized spacial score (nSPS) is 14.5. The molecule has 0 unspecified atom stereocenters. The second-order valence-electron chi connectivity index (χ2n) is 7.25. The summed E-state index contributed by atoms with van der Waals surface area (Å²) in [6.07, 6.45) is 0. The third-order valence-electron chi connectivity index (χ3n) is 5.04. The summed E-state index contributed by atoms with van der Waals surface area (Å²) in [5, 5.41) is 12.6. The van der Waals surface area contributed by atoms with Gasteiger partial charge in [0.1, 0.15) is 0 Å². The van der Waals surface area contributed by atoms with Crippen molar-refractivity contribution in [1.29, 1.82) is 0 Å². The van der Waals surface area contributed by atoms with Gasteiger partial charge in [-0.15, -0.1) is 0 Å². The Kier molecular flexibility index (Phi) is 7.04. The molecule has 1 heterocycles. The van der Waals surface area contributed by atoms with Gasteiger partial charge in [0, 0.05) is 39.4 Å². The van der Waals surface area contributed by atoms with E-state index in [2.05, 4.69) is 5.32 Å². The lowest BCUT2D eigenvalue weighted by Crippen LogP contribution is -2.38. The van der Waals surface area contributed by atoms with Crippen LogP contribution in [-0.2, 0) is 21.3 Å². The fraction of sp³-hybridized carbons (Fsp3) is 0.381. The Bertz CT molecular complexity index is 1050. The van der Waals surface area contributed by atoms with Crippen LogP contribution >= 0.6 is 0 Å². The van der Waals surface area contributed by atoms with Crippen molar-refractivity contribution in [2.45, 2.75) is 11.4 Å². The van der Waals surface area contributed by atoms with Gasteiger partial charge in [-0.05, 0) is 35.9 Å². The number of hydrogen-bond acceptors (Lipinski definition) is 7. The number of sulfonamides is 1. The van der Waals surface area contributed by atoms with E-state index in [1.807, 2.05) is 4.90 Å². The van der Waals surface area contributed by atoms with Crippen LogP contribution in [-0.4, -0.2) is 71.2 Å². The van der Waals surface area contributed by atoms with E-state index < -0.39 is 15.9 Å². The quantitative estimate of drug-likeness (QED) is 0.658. The van der Waals surface area contributed by atoms with E-state index >= 15 is 0 Å². The van der Waals surface area contributed by atoms with Crippen LogP contribution in [0.2, 0.25) is 0 Å². The first-order chi connectivity index (χ1) is 14.7. The van der Waals surface area contributed by atoms with Crippen molar-refractivity contribution >= 4 is 21.6 Å². The SMILES string of the molecule is COc1cc(CNC(=O)c2cc(S(=O)(=O)N(C)C)ccc2N2CCOCC2)ccc1O. The van der Waals surface area contributed by atoms with Gasteiger partial charge < -0.3 is 24.8 Å². The fourth-order valence-electron chi connectivity index (χ4n) is 3.26. The number of anilines is 1. The number of amides is 1. The van der Waals surface area contributed by atoms with Crippen LogP contribution < -0.4 is 15.0 Å². The number of benzene rings is 2. The standard InChI is InChI=1S/C21H27N3O6S/c1-23(2)31(27,28)16-5-6-18(24-8-10-30-11-9-24)17(13-16)21(26)22-14-15-4-7-19(25)20(12-15)29-3/h4-7,12-13,25H,8-11,14H2,1-3H3,(H,22,26). The lowest BCUT2D eigenvalue weighted by Gasteiger charge is -2.30. The molecule has 0 atom stereocenters. The van der Waals surface area contributed by atoms with Crippen LogP contribution in [0, 0.1) is 0 Å². The number of phenols is 1. The molecule has 1 aliphatic rings. The molecule has 0 spiro atoms. The Balaban J connectivity index is 1.91. The van der Waals surface area contributed by atoms with Crippen LogP contribution in [0.5, 0.6) is 11.5 Å². The molecule has 0 aromatic heterocycles. The lowest BCUT2D eigenvalue weighted by atomic mass is 10.1. The van der Waals surface area contributed by atoms with Crippen molar-refractivity contribution in [2.75, 3.05) is 52.4 Å². The van der Waals surface area contributed by atoms with E-state index in [9.17, 15) is 18.3 Å². The minimum absolute atomic E-state index is 0.00812. The van der Waals surface area contributed by atoms with Gasteiger partial charge in [0.05, 0.1) is 30.8 Å². The highest BCUT2D eigenvalue weighted by Crippen LogP contribution is 2.28. The highest BCUT2D eigenvalue weighted by atomic mass is 32.2. The van der Waals surface area contributed by atoms with Gasteiger partial charge in [-0.25, -0.2) is 12.7 Å². The maximum absolute atomic E-state index is 13.1. The number of carbonyl (C=O) groups excluding carboxylic acids is 1. The van der Waals surface area contributed by atoms with Crippen molar-refractivity contribution in [3.05, 3.63) is 47.5 Å². The minimum atomic E-state index is -3.70. The first kappa shape index (κ1) is 22.9. The van der Waals surface area contributed by atoms with Crippen LogP contribution in [0.25, 0.3) is 0 Å². The first-order valence-electron chi connectivity index (χ1n) is 9.77. The first-order valence-corrected chi connectivity index (χ1v) is 11.2. The molecule has 1 amide bonds. The number of hydrogen-bond donors (Lipinski definition) is 2. The van der Waals surface area contributed by atoms with Crippen LogP contribution in [0.1, 0.15) is 15.9 Å². The number of phenolic OH excluding ortho intramolecular Hbond substituents is 1. The molecule has 31 heavy (non-hydrogen) atoms.